The quantitative estimate of drug-likeness (QED) is 0.846. The van der Waals surface area contributed by atoms with Crippen molar-refractivity contribution in [3.8, 4) is 11.5 Å². The van der Waals surface area contributed by atoms with E-state index in [1.807, 2.05) is 49.4 Å². The van der Waals surface area contributed by atoms with E-state index in [0.29, 0.717) is 21.6 Å². The average Bonchev–Trinajstić information content (AvgIpc) is 2.95. The van der Waals surface area contributed by atoms with Crippen molar-refractivity contribution in [1.29, 1.82) is 0 Å². The molecule has 2 aromatic carbocycles. The van der Waals surface area contributed by atoms with Crippen LogP contribution in [0.15, 0.2) is 52.4 Å². The summed E-state index contributed by atoms with van der Waals surface area (Å²) in [6.07, 6.45) is 1.78. The Labute approximate surface area is 150 Å². The molecule has 6 heteroatoms. The Balaban J connectivity index is 1.88. The first-order chi connectivity index (χ1) is 12.1. The number of carbonyl (C=O) groups excluding carboxylic acids is 1. The van der Waals surface area contributed by atoms with E-state index in [9.17, 15) is 4.79 Å². The van der Waals surface area contributed by atoms with Gasteiger partial charge in [0.05, 0.1) is 24.8 Å². The number of nitrogens with zero attached hydrogens (tertiary/aromatic N) is 1. The molecule has 0 saturated carbocycles. The maximum atomic E-state index is 12.2. The van der Waals surface area contributed by atoms with Crippen LogP contribution in [0.5, 0.6) is 11.5 Å². The number of thioether (sulfide) groups is 1. The monoisotopic (exact) mass is 354 g/mol. The molecule has 128 valence electrons. The van der Waals surface area contributed by atoms with Gasteiger partial charge in [0, 0.05) is 5.56 Å². The number of carbonyl (C=O) groups is 1. The Morgan fingerprint density at radius 3 is 2.52 bits per heavy atom. The van der Waals surface area contributed by atoms with Crippen molar-refractivity contribution in [3.05, 3.63) is 58.5 Å². The first kappa shape index (κ1) is 17.1. The summed E-state index contributed by atoms with van der Waals surface area (Å²) in [6, 6.07) is 13.3. The van der Waals surface area contributed by atoms with Crippen molar-refractivity contribution in [3.63, 3.8) is 0 Å². The molecule has 25 heavy (non-hydrogen) atoms. The van der Waals surface area contributed by atoms with Gasteiger partial charge in [-0.2, -0.15) is 0 Å². The molecule has 1 amide bonds. The number of amides is 1. The maximum Gasteiger partial charge on any atom is 0.264 e. The van der Waals surface area contributed by atoms with Gasteiger partial charge in [0.1, 0.15) is 0 Å². The second-order valence-corrected chi connectivity index (χ2v) is 6.43. The van der Waals surface area contributed by atoms with Gasteiger partial charge in [0.2, 0.25) is 0 Å². The third-order valence-electron chi connectivity index (χ3n) is 3.64. The van der Waals surface area contributed by atoms with Crippen LogP contribution in [0.4, 0.5) is 5.69 Å². The molecular formula is C19H18N2O3S. The van der Waals surface area contributed by atoms with Gasteiger partial charge in [-0.15, -0.1) is 0 Å². The number of aliphatic imine (C=N–C) groups is 1. The molecule has 1 heterocycles. The Hall–Kier alpha value is -2.73. The third-order valence-corrected chi connectivity index (χ3v) is 4.55. The molecule has 1 fully saturated rings. The van der Waals surface area contributed by atoms with Crippen molar-refractivity contribution in [2.75, 3.05) is 14.2 Å². The Kier molecular flexibility index (Phi) is 5.09. The molecule has 0 aromatic heterocycles. The second kappa shape index (κ2) is 7.44. The number of amidine groups is 1. The smallest absolute Gasteiger partial charge is 0.264 e. The molecule has 0 bridgehead atoms. The zero-order valence-corrected chi connectivity index (χ0v) is 15.0. The second-order valence-electron chi connectivity index (χ2n) is 5.40. The summed E-state index contributed by atoms with van der Waals surface area (Å²) in [4.78, 5) is 17.3. The van der Waals surface area contributed by atoms with E-state index in [0.717, 1.165) is 16.8 Å². The molecule has 3 rings (SSSR count). The minimum atomic E-state index is -0.180. The molecule has 0 spiro atoms. The number of rotatable bonds is 4. The first-order valence-electron chi connectivity index (χ1n) is 7.68. The van der Waals surface area contributed by atoms with Crippen molar-refractivity contribution in [1.82, 2.24) is 5.32 Å². The van der Waals surface area contributed by atoms with Gasteiger partial charge in [-0.05, 0) is 43.0 Å². The number of benzene rings is 2. The van der Waals surface area contributed by atoms with Crippen LogP contribution in [0.2, 0.25) is 0 Å². The Morgan fingerprint density at radius 2 is 1.84 bits per heavy atom. The van der Waals surface area contributed by atoms with Gasteiger partial charge >= 0.3 is 0 Å². The highest BCUT2D eigenvalue weighted by atomic mass is 32.2. The highest BCUT2D eigenvalue weighted by Gasteiger charge is 2.24. The minimum absolute atomic E-state index is 0.180. The van der Waals surface area contributed by atoms with E-state index in [1.165, 1.54) is 11.8 Å². The lowest BCUT2D eigenvalue weighted by atomic mass is 10.1. The summed E-state index contributed by atoms with van der Waals surface area (Å²) >= 11 is 1.30. The standard InChI is InChI=1S/C19H18N2O3S/c1-12-7-9-14(10-8-12)20-19-21-18(22)16(25-19)11-13-5-4-6-15(23-2)17(13)24-3/h4-11H,1-3H3,(H,20,21,22)/b16-11+. The molecule has 1 aliphatic heterocycles. The summed E-state index contributed by atoms with van der Waals surface area (Å²) in [7, 11) is 3.16. The van der Waals surface area contributed by atoms with Gasteiger partial charge < -0.3 is 14.8 Å². The maximum absolute atomic E-state index is 12.2. The first-order valence-corrected chi connectivity index (χ1v) is 8.49. The molecule has 1 saturated heterocycles. The predicted molar refractivity (Wildman–Crippen MR) is 102 cm³/mol. The summed E-state index contributed by atoms with van der Waals surface area (Å²) in [5.41, 5.74) is 2.74. The van der Waals surface area contributed by atoms with Crippen LogP contribution in [0, 0.1) is 6.92 Å². The fourth-order valence-electron chi connectivity index (χ4n) is 2.38. The van der Waals surface area contributed by atoms with E-state index >= 15 is 0 Å². The lowest BCUT2D eigenvalue weighted by molar-refractivity contribution is -0.115. The van der Waals surface area contributed by atoms with Crippen molar-refractivity contribution in [2.45, 2.75) is 6.92 Å². The number of nitrogens with one attached hydrogen (secondary N) is 1. The van der Waals surface area contributed by atoms with E-state index in [2.05, 4.69) is 10.3 Å². The van der Waals surface area contributed by atoms with Crippen LogP contribution in [0.25, 0.3) is 6.08 Å². The van der Waals surface area contributed by atoms with Gasteiger partial charge in [-0.3, -0.25) is 4.79 Å². The summed E-state index contributed by atoms with van der Waals surface area (Å²) in [5, 5.41) is 3.34. The minimum Gasteiger partial charge on any atom is -0.493 e. The molecule has 5 nitrogen and oxygen atoms in total. The molecular weight excluding hydrogens is 336 g/mol. The number of hydrogen-bond acceptors (Lipinski definition) is 5. The van der Waals surface area contributed by atoms with Crippen molar-refractivity contribution in [2.24, 2.45) is 4.99 Å². The highest BCUT2D eigenvalue weighted by Crippen LogP contribution is 2.35. The van der Waals surface area contributed by atoms with Crippen molar-refractivity contribution >= 4 is 34.6 Å². The number of ether oxygens (including phenoxy) is 2. The van der Waals surface area contributed by atoms with Crippen LogP contribution in [0.1, 0.15) is 11.1 Å². The normalized spacial score (nSPS) is 17.0. The highest BCUT2D eigenvalue weighted by molar-refractivity contribution is 8.18. The van der Waals surface area contributed by atoms with Crippen LogP contribution < -0.4 is 14.8 Å². The van der Waals surface area contributed by atoms with E-state index < -0.39 is 0 Å². The number of para-hydroxylation sites is 1. The SMILES string of the molecule is COc1cccc(/C=C2/SC(=Nc3ccc(C)cc3)NC2=O)c1OC. The fourth-order valence-corrected chi connectivity index (χ4v) is 3.22. The van der Waals surface area contributed by atoms with Crippen LogP contribution in [-0.4, -0.2) is 25.3 Å². The molecule has 1 aliphatic rings. The van der Waals surface area contributed by atoms with E-state index in [4.69, 9.17) is 9.47 Å². The third kappa shape index (κ3) is 3.85. The topological polar surface area (TPSA) is 59.9 Å². The lowest BCUT2D eigenvalue weighted by Crippen LogP contribution is -2.19. The lowest BCUT2D eigenvalue weighted by Gasteiger charge is -2.10. The van der Waals surface area contributed by atoms with Crippen LogP contribution >= 0.6 is 11.8 Å². The molecule has 1 N–H and O–H groups in total. The number of hydrogen-bond donors (Lipinski definition) is 1. The Morgan fingerprint density at radius 1 is 1.08 bits per heavy atom. The number of methoxy groups -OCH3 is 2. The zero-order chi connectivity index (χ0) is 17.8. The van der Waals surface area contributed by atoms with Crippen molar-refractivity contribution < 1.29 is 14.3 Å². The predicted octanol–water partition coefficient (Wildman–Crippen LogP) is 3.90. The molecule has 0 unspecified atom stereocenters. The molecule has 2 aromatic rings. The number of aryl methyl sites for hydroxylation is 1. The van der Waals surface area contributed by atoms with Gasteiger partial charge in [0.25, 0.3) is 5.91 Å². The van der Waals surface area contributed by atoms with Gasteiger partial charge in [-0.1, -0.05) is 29.8 Å². The molecule has 0 aliphatic carbocycles. The molecule has 0 atom stereocenters. The van der Waals surface area contributed by atoms with E-state index in [1.54, 1.807) is 20.3 Å². The largest absolute Gasteiger partial charge is 0.493 e. The van der Waals surface area contributed by atoms with Crippen LogP contribution in [-0.2, 0) is 4.79 Å². The van der Waals surface area contributed by atoms with E-state index in [-0.39, 0.29) is 5.91 Å². The average molecular weight is 354 g/mol. The van der Waals surface area contributed by atoms with Gasteiger partial charge in [0.15, 0.2) is 16.7 Å². The zero-order valence-electron chi connectivity index (χ0n) is 14.2. The summed E-state index contributed by atoms with van der Waals surface area (Å²) < 4.78 is 10.7. The summed E-state index contributed by atoms with van der Waals surface area (Å²) in [6.45, 7) is 2.02. The molecule has 0 radical (unpaired) electrons. The van der Waals surface area contributed by atoms with Gasteiger partial charge in [-0.25, -0.2) is 4.99 Å². The summed E-state index contributed by atoms with van der Waals surface area (Å²) in [5.74, 6) is 1.03. The van der Waals surface area contributed by atoms with Crippen LogP contribution in [0.3, 0.4) is 0 Å². The Bertz CT molecular complexity index is 857. The fraction of sp³-hybridized carbons (Fsp3) is 0.158.